The first kappa shape index (κ1) is 9.61. The van der Waals surface area contributed by atoms with E-state index in [0.29, 0.717) is 24.4 Å². The maximum Gasteiger partial charge on any atom is 0.223 e. The van der Waals surface area contributed by atoms with Crippen molar-refractivity contribution in [2.45, 2.75) is 32.4 Å². The van der Waals surface area contributed by atoms with E-state index in [9.17, 15) is 0 Å². The number of rotatable bonds is 4. The van der Waals surface area contributed by atoms with Crippen molar-refractivity contribution < 1.29 is 9.26 Å². The van der Waals surface area contributed by atoms with Crippen LogP contribution in [0.4, 0.5) is 0 Å². The third kappa shape index (κ3) is 2.52. The number of nitrogens with one attached hydrogen (secondary N) is 1. The molecule has 0 aliphatic carbocycles. The summed E-state index contributed by atoms with van der Waals surface area (Å²) >= 11 is 0. The molecule has 0 saturated carbocycles. The van der Waals surface area contributed by atoms with Crippen LogP contribution in [0.15, 0.2) is 4.52 Å². The molecule has 78 valence electrons. The fourth-order valence-corrected chi connectivity index (χ4v) is 1.59. The van der Waals surface area contributed by atoms with Gasteiger partial charge in [-0.3, -0.25) is 0 Å². The lowest BCUT2D eigenvalue weighted by Gasteiger charge is -2.08. The third-order valence-electron chi connectivity index (χ3n) is 2.28. The molecule has 5 nitrogen and oxygen atoms in total. The fourth-order valence-electron chi connectivity index (χ4n) is 1.59. The van der Waals surface area contributed by atoms with Crippen LogP contribution < -0.4 is 5.32 Å². The van der Waals surface area contributed by atoms with Gasteiger partial charge in [-0.15, -0.1) is 0 Å². The maximum atomic E-state index is 5.47. The molecular formula is C9H15N3O2. The molecule has 1 fully saturated rings. The lowest BCUT2D eigenvalue weighted by Crippen LogP contribution is -2.26. The fraction of sp³-hybridized carbons (Fsp3) is 0.778. The Balaban J connectivity index is 1.67. The smallest absolute Gasteiger partial charge is 0.223 e. The molecule has 1 atom stereocenters. The Hall–Kier alpha value is -0.940. The summed E-state index contributed by atoms with van der Waals surface area (Å²) in [6.45, 7) is 4.05. The molecule has 1 aromatic rings. The predicted octanol–water partition coefficient (Wildman–Crippen LogP) is 0.647. The average Bonchev–Trinajstić information content (AvgIpc) is 2.77. The van der Waals surface area contributed by atoms with Crippen LogP contribution >= 0.6 is 0 Å². The largest absolute Gasteiger partial charge is 0.372 e. The van der Waals surface area contributed by atoms with Gasteiger partial charge in [0, 0.05) is 13.0 Å². The maximum absolute atomic E-state index is 5.47. The van der Waals surface area contributed by atoms with Crippen LogP contribution in [0.5, 0.6) is 0 Å². The zero-order chi connectivity index (χ0) is 9.80. The minimum absolute atomic E-state index is 0.440. The van der Waals surface area contributed by atoms with E-state index in [-0.39, 0.29) is 0 Å². The molecule has 1 aliphatic heterocycles. The van der Waals surface area contributed by atoms with Gasteiger partial charge < -0.3 is 14.6 Å². The highest BCUT2D eigenvalue weighted by atomic mass is 16.5. The van der Waals surface area contributed by atoms with Crippen molar-refractivity contribution >= 4 is 0 Å². The second kappa shape index (κ2) is 4.52. The third-order valence-corrected chi connectivity index (χ3v) is 2.28. The summed E-state index contributed by atoms with van der Waals surface area (Å²) in [6, 6.07) is 0.503. The summed E-state index contributed by atoms with van der Waals surface area (Å²) in [4.78, 5) is 4.05. The van der Waals surface area contributed by atoms with Crippen molar-refractivity contribution in [3.8, 4) is 0 Å². The number of nitrogens with zero attached hydrogens (tertiary/aromatic N) is 2. The molecule has 0 spiro atoms. The van der Waals surface area contributed by atoms with Gasteiger partial charge in [0.15, 0.2) is 5.82 Å². The van der Waals surface area contributed by atoms with Gasteiger partial charge in [0.1, 0.15) is 6.61 Å². The zero-order valence-electron chi connectivity index (χ0n) is 8.32. The number of hydrogen-bond donors (Lipinski definition) is 1. The molecule has 1 N–H and O–H groups in total. The van der Waals surface area contributed by atoms with Crippen LogP contribution in [-0.4, -0.2) is 29.3 Å². The molecule has 2 heterocycles. The quantitative estimate of drug-likeness (QED) is 0.767. The number of ether oxygens (including phenoxy) is 1. The van der Waals surface area contributed by atoms with Crippen LogP contribution in [0.25, 0.3) is 0 Å². The van der Waals surface area contributed by atoms with E-state index >= 15 is 0 Å². The molecule has 1 aliphatic rings. The van der Waals surface area contributed by atoms with Gasteiger partial charge in [-0.05, 0) is 19.4 Å². The number of aromatic nitrogens is 2. The summed E-state index contributed by atoms with van der Waals surface area (Å²) in [5.74, 6) is 1.21. The zero-order valence-corrected chi connectivity index (χ0v) is 8.32. The highest BCUT2D eigenvalue weighted by Crippen LogP contribution is 2.06. The monoisotopic (exact) mass is 197 g/mol. The lowest BCUT2D eigenvalue weighted by molar-refractivity contribution is 0.0969. The summed E-state index contributed by atoms with van der Waals surface area (Å²) in [6.07, 6.45) is 2.45. The van der Waals surface area contributed by atoms with E-state index < -0.39 is 0 Å². The van der Waals surface area contributed by atoms with Gasteiger partial charge in [0.2, 0.25) is 5.89 Å². The van der Waals surface area contributed by atoms with Crippen LogP contribution in [0.3, 0.4) is 0 Å². The first-order valence-electron chi connectivity index (χ1n) is 4.95. The van der Waals surface area contributed by atoms with Gasteiger partial charge in [-0.2, -0.15) is 4.98 Å². The molecule has 2 rings (SSSR count). The van der Waals surface area contributed by atoms with Gasteiger partial charge in [-0.1, -0.05) is 5.16 Å². The van der Waals surface area contributed by atoms with E-state index in [4.69, 9.17) is 9.26 Å². The van der Waals surface area contributed by atoms with Gasteiger partial charge in [-0.25, -0.2) is 0 Å². The molecule has 0 amide bonds. The summed E-state index contributed by atoms with van der Waals surface area (Å²) in [5, 5.41) is 7.11. The molecule has 5 heteroatoms. The second-order valence-corrected chi connectivity index (χ2v) is 3.54. The Bertz CT molecular complexity index is 281. The first-order valence-corrected chi connectivity index (χ1v) is 4.95. The number of aryl methyl sites for hydroxylation is 1. The van der Waals surface area contributed by atoms with E-state index in [1.54, 1.807) is 6.92 Å². The molecule has 0 radical (unpaired) electrons. The minimum Gasteiger partial charge on any atom is -0.372 e. The minimum atomic E-state index is 0.440. The van der Waals surface area contributed by atoms with Crippen molar-refractivity contribution in [2.75, 3.05) is 13.2 Å². The normalized spacial score (nSPS) is 21.6. The molecule has 1 aromatic heterocycles. The van der Waals surface area contributed by atoms with Crippen LogP contribution in [0, 0.1) is 6.92 Å². The topological polar surface area (TPSA) is 60.2 Å². The van der Waals surface area contributed by atoms with E-state index in [0.717, 1.165) is 13.2 Å². The molecule has 1 saturated heterocycles. The Morgan fingerprint density at radius 3 is 3.21 bits per heavy atom. The summed E-state index contributed by atoms with van der Waals surface area (Å²) < 4.78 is 10.3. The first-order chi connectivity index (χ1) is 6.84. The van der Waals surface area contributed by atoms with Crippen LogP contribution in [-0.2, 0) is 11.3 Å². The Kier molecular flexibility index (Phi) is 3.10. The van der Waals surface area contributed by atoms with Gasteiger partial charge in [0.05, 0.1) is 6.61 Å². The molecule has 0 aromatic carbocycles. The van der Waals surface area contributed by atoms with Gasteiger partial charge in [0.25, 0.3) is 0 Å². The average molecular weight is 197 g/mol. The molecule has 14 heavy (non-hydrogen) atoms. The number of hydrogen-bond acceptors (Lipinski definition) is 5. The Labute approximate surface area is 82.8 Å². The van der Waals surface area contributed by atoms with Crippen molar-refractivity contribution in [3.05, 3.63) is 11.7 Å². The highest BCUT2D eigenvalue weighted by molar-refractivity contribution is 4.81. The summed E-state index contributed by atoms with van der Waals surface area (Å²) in [7, 11) is 0. The summed E-state index contributed by atoms with van der Waals surface area (Å²) in [5.41, 5.74) is 0. The van der Waals surface area contributed by atoms with Crippen molar-refractivity contribution in [3.63, 3.8) is 0 Å². The lowest BCUT2D eigenvalue weighted by atomic mass is 10.2. The SMILES string of the molecule is Cc1nc(COCC2CCCN2)no1. The van der Waals surface area contributed by atoms with Crippen LogP contribution in [0.1, 0.15) is 24.6 Å². The van der Waals surface area contributed by atoms with E-state index in [1.165, 1.54) is 12.8 Å². The predicted molar refractivity (Wildman–Crippen MR) is 49.7 cm³/mol. The molecule has 1 unspecified atom stereocenters. The standard InChI is InChI=1S/C9H15N3O2/c1-7-11-9(12-14-7)6-13-5-8-3-2-4-10-8/h8,10H,2-6H2,1H3. The van der Waals surface area contributed by atoms with Crippen molar-refractivity contribution in [1.29, 1.82) is 0 Å². The highest BCUT2D eigenvalue weighted by Gasteiger charge is 2.14. The Morgan fingerprint density at radius 1 is 1.64 bits per heavy atom. The molecular weight excluding hydrogens is 182 g/mol. The van der Waals surface area contributed by atoms with Crippen molar-refractivity contribution in [1.82, 2.24) is 15.5 Å². The van der Waals surface area contributed by atoms with E-state index in [2.05, 4.69) is 15.5 Å². The van der Waals surface area contributed by atoms with E-state index in [1.807, 2.05) is 0 Å². The molecule has 0 bridgehead atoms. The Morgan fingerprint density at radius 2 is 2.57 bits per heavy atom. The van der Waals surface area contributed by atoms with Crippen LogP contribution in [0.2, 0.25) is 0 Å². The van der Waals surface area contributed by atoms with Crippen molar-refractivity contribution in [2.24, 2.45) is 0 Å². The second-order valence-electron chi connectivity index (χ2n) is 3.54. The van der Waals surface area contributed by atoms with Gasteiger partial charge >= 0.3 is 0 Å².